The van der Waals surface area contributed by atoms with Gasteiger partial charge in [0.25, 0.3) is 0 Å². The number of fused-ring (bicyclic) bond motifs is 1. The van der Waals surface area contributed by atoms with E-state index in [2.05, 4.69) is 26.2 Å². The third-order valence-electron chi connectivity index (χ3n) is 2.11. The van der Waals surface area contributed by atoms with E-state index in [4.69, 9.17) is 5.11 Å². The van der Waals surface area contributed by atoms with Gasteiger partial charge in [0, 0.05) is 4.47 Å². The minimum absolute atomic E-state index is 0.0469. The minimum Gasteiger partial charge on any atom is -0.394 e. The second-order valence-electron chi connectivity index (χ2n) is 3.20. The van der Waals surface area contributed by atoms with Crippen LogP contribution in [0.3, 0.4) is 0 Å². The molecule has 5 heteroatoms. The van der Waals surface area contributed by atoms with Gasteiger partial charge in [-0.25, -0.2) is 4.68 Å². The molecule has 1 aromatic heterocycles. The first-order chi connectivity index (χ1) is 6.72. The van der Waals surface area contributed by atoms with E-state index in [9.17, 15) is 0 Å². The van der Waals surface area contributed by atoms with Crippen molar-refractivity contribution in [2.45, 2.75) is 13.0 Å². The van der Waals surface area contributed by atoms with Crippen molar-refractivity contribution in [2.24, 2.45) is 0 Å². The second kappa shape index (κ2) is 3.67. The van der Waals surface area contributed by atoms with Crippen molar-refractivity contribution in [1.29, 1.82) is 0 Å². The summed E-state index contributed by atoms with van der Waals surface area (Å²) < 4.78 is 2.71. The smallest absolute Gasteiger partial charge is 0.113 e. The summed E-state index contributed by atoms with van der Waals surface area (Å²) in [5, 5.41) is 17.0. The Labute approximate surface area is 89.7 Å². The number of hydrogen-bond acceptors (Lipinski definition) is 3. The normalized spacial score (nSPS) is 13.4. The van der Waals surface area contributed by atoms with Gasteiger partial charge in [-0.2, -0.15) is 0 Å². The molecule has 1 aromatic carbocycles. The second-order valence-corrected chi connectivity index (χ2v) is 4.11. The van der Waals surface area contributed by atoms with Gasteiger partial charge in [-0.05, 0) is 25.1 Å². The molecule has 0 aliphatic heterocycles. The summed E-state index contributed by atoms with van der Waals surface area (Å²) in [6, 6.07) is 5.72. The van der Waals surface area contributed by atoms with Crippen LogP contribution in [-0.4, -0.2) is 26.7 Å². The molecule has 0 aliphatic rings. The lowest BCUT2D eigenvalue weighted by Gasteiger charge is -2.08. The number of aromatic nitrogens is 3. The molecule has 1 atom stereocenters. The predicted molar refractivity (Wildman–Crippen MR) is 57.0 cm³/mol. The monoisotopic (exact) mass is 255 g/mol. The molecule has 1 unspecified atom stereocenters. The summed E-state index contributed by atoms with van der Waals surface area (Å²) in [6.45, 7) is 1.96. The third kappa shape index (κ3) is 1.53. The van der Waals surface area contributed by atoms with Gasteiger partial charge in [0.15, 0.2) is 0 Å². The van der Waals surface area contributed by atoms with Crippen molar-refractivity contribution in [3.8, 4) is 0 Å². The molecule has 2 rings (SSSR count). The molecular weight excluding hydrogens is 246 g/mol. The standard InChI is InChI=1S/C9H10BrN3O/c1-6(5-14)13-9-4-7(10)2-3-8(9)11-12-13/h2-4,6,14H,5H2,1H3. The van der Waals surface area contributed by atoms with Gasteiger partial charge in [-0.1, -0.05) is 21.1 Å². The van der Waals surface area contributed by atoms with Crippen LogP contribution in [0.25, 0.3) is 11.0 Å². The van der Waals surface area contributed by atoms with Crippen LogP contribution in [0.2, 0.25) is 0 Å². The Kier molecular flexibility index (Phi) is 2.52. The van der Waals surface area contributed by atoms with Crippen molar-refractivity contribution in [2.75, 3.05) is 6.61 Å². The molecule has 4 nitrogen and oxygen atoms in total. The molecule has 74 valence electrons. The van der Waals surface area contributed by atoms with E-state index in [0.29, 0.717) is 0 Å². The zero-order valence-corrected chi connectivity index (χ0v) is 9.27. The molecule has 1 heterocycles. The minimum atomic E-state index is -0.0469. The van der Waals surface area contributed by atoms with E-state index in [1.165, 1.54) is 0 Å². The molecular formula is C9H10BrN3O. The quantitative estimate of drug-likeness (QED) is 0.890. The first-order valence-corrected chi connectivity index (χ1v) is 5.13. The van der Waals surface area contributed by atoms with Crippen LogP contribution in [0, 0.1) is 0 Å². The number of nitrogens with zero attached hydrogens (tertiary/aromatic N) is 3. The maximum Gasteiger partial charge on any atom is 0.113 e. The lowest BCUT2D eigenvalue weighted by molar-refractivity contribution is 0.231. The number of hydrogen-bond donors (Lipinski definition) is 1. The Hall–Kier alpha value is -0.940. The fourth-order valence-electron chi connectivity index (χ4n) is 1.31. The van der Waals surface area contributed by atoms with E-state index in [1.54, 1.807) is 4.68 Å². The summed E-state index contributed by atoms with van der Waals surface area (Å²) in [5.41, 5.74) is 1.77. The van der Waals surface area contributed by atoms with Gasteiger partial charge in [0.2, 0.25) is 0 Å². The van der Waals surface area contributed by atoms with E-state index in [1.807, 2.05) is 25.1 Å². The highest BCUT2D eigenvalue weighted by Gasteiger charge is 2.09. The molecule has 0 spiro atoms. The van der Waals surface area contributed by atoms with Crippen LogP contribution in [0.1, 0.15) is 13.0 Å². The van der Waals surface area contributed by atoms with E-state index >= 15 is 0 Å². The predicted octanol–water partition coefficient (Wildman–Crippen LogP) is 1.75. The number of aliphatic hydroxyl groups is 1. The maximum absolute atomic E-state index is 9.04. The van der Waals surface area contributed by atoms with Crippen LogP contribution in [-0.2, 0) is 0 Å². The molecule has 0 radical (unpaired) electrons. The summed E-state index contributed by atoms with van der Waals surface area (Å²) in [4.78, 5) is 0. The number of aliphatic hydroxyl groups excluding tert-OH is 1. The largest absolute Gasteiger partial charge is 0.394 e. The first-order valence-electron chi connectivity index (χ1n) is 4.33. The van der Waals surface area contributed by atoms with Gasteiger partial charge < -0.3 is 5.11 Å². The molecule has 0 fully saturated rings. The highest BCUT2D eigenvalue weighted by atomic mass is 79.9. The Balaban J connectivity index is 2.61. The van der Waals surface area contributed by atoms with E-state index in [-0.39, 0.29) is 12.6 Å². The Bertz CT molecular complexity index is 454. The highest BCUT2D eigenvalue weighted by Crippen LogP contribution is 2.19. The van der Waals surface area contributed by atoms with Crippen LogP contribution >= 0.6 is 15.9 Å². The van der Waals surface area contributed by atoms with Crippen molar-refractivity contribution < 1.29 is 5.11 Å². The summed E-state index contributed by atoms with van der Waals surface area (Å²) in [7, 11) is 0. The molecule has 0 amide bonds. The zero-order chi connectivity index (χ0) is 10.1. The van der Waals surface area contributed by atoms with Crippen LogP contribution in [0.5, 0.6) is 0 Å². The Morgan fingerprint density at radius 2 is 2.36 bits per heavy atom. The number of benzene rings is 1. The molecule has 1 N–H and O–H groups in total. The van der Waals surface area contributed by atoms with Crippen molar-refractivity contribution in [3.05, 3.63) is 22.7 Å². The molecule has 14 heavy (non-hydrogen) atoms. The molecule has 0 aliphatic carbocycles. The first kappa shape index (κ1) is 9.61. The lowest BCUT2D eigenvalue weighted by Crippen LogP contribution is -2.10. The highest BCUT2D eigenvalue weighted by molar-refractivity contribution is 9.10. The summed E-state index contributed by atoms with van der Waals surface area (Å²) >= 11 is 3.39. The van der Waals surface area contributed by atoms with Gasteiger partial charge in [-0.3, -0.25) is 0 Å². The lowest BCUT2D eigenvalue weighted by atomic mass is 10.3. The van der Waals surface area contributed by atoms with Gasteiger partial charge in [0.05, 0.1) is 18.2 Å². The average Bonchev–Trinajstić information content (AvgIpc) is 2.59. The molecule has 2 aromatic rings. The Morgan fingerprint density at radius 3 is 3.07 bits per heavy atom. The fraction of sp³-hybridized carbons (Fsp3) is 0.333. The SMILES string of the molecule is CC(CO)n1nnc2ccc(Br)cc21. The van der Waals surface area contributed by atoms with Gasteiger partial charge >= 0.3 is 0 Å². The zero-order valence-electron chi connectivity index (χ0n) is 7.68. The molecule has 0 saturated heterocycles. The third-order valence-corrected chi connectivity index (χ3v) is 2.61. The number of rotatable bonds is 2. The average molecular weight is 256 g/mol. The molecule has 0 bridgehead atoms. The van der Waals surface area contributed by atoms with Crippen LogP contribution in [0.15, 0.2) is 22.7 Å². The van der Waals surface area contributed by atoms with Crippen molar-refractivity contribution >= 4 is 27.0 Å². The fourth-order valence-corrected chi connectivity index (χ4v) is 1.66. The number of halogens is 1. The molecule has 0 saturated carbocycles. The van der Waals surface area contributed by atoms with Gasteiger partial charge in [-0.15, -0.1) is 5.10 Å². The van der Waals surface area contributed by atoms with Crippen LogP contribution < -0.4 is 0 Å². The summed E-state index contributed by atoms with van der Waals surface area (Å²) in [6.07, 6.45) is 0. The van der Waals surface area contributed by atoms with Gasteiger partial charge in [0.1, 0.15) is 5.52 Å². The Morgan fingerprint density at radius 1 is 1.57 bits per heavy atom. The maximum atomic E-state index is 9.04. The van der Waals surface area contributed by atoms with E-state index in [0.717, 1.165) is 15.5 Å². The summed E-state index contributed by atoms with van der Waals surface area (Å²) in [5.74, 6) is 0. The van der Waals surface area contributed by atoms with E-state index < -0.39 is 0 Å². The van der Waals surface area contributed by atoms with Crippen molar-refractivity contribution in [3.63, 3.8) is 0 Å². The van der Waals surface area contributed by atoms with Crippen molar-refractivity contribution in [1.82, 2.24) is 15.0 Å². The van der Waals surface area contributed by atoms with Crippen LogP contribution in [0.4, 0.5) is 0 Å². The topological polar surface area (TPSA) is 50.9 Å².